The third-order valence-electron chi connectivity index (χ3n) is 3.89. The molecule has 1 heterocycles. The second-order valence-electron chi connectivity index (χ2n) is 6.30. The summed E-state index contributed by atoms with van der Waals surface area (Å²) in [5.41, 5.74) is 1.23. The molecular formula is C20H20N4O4S2. The highest BCUT2D eigenvalue weighted by Gasteiger charge is 2.21. The molecule has 8 nitrogen and oxygen atoms in total. The molecule has 156 valence electrons. The minimum absolute atomic E-state index is 0.0623. The summed E-state index contributed by atoms with van der Waals surface area (Å²) < 4.78 is 29.9. The lowest BCUT2D eigenvalue weighted by molar-refractivity contribution is 0.102. The highest BCUT2D eigenvalue weighted by molar-refractivity contribution is 7.98. The lowest BCUT2D eigenvalue weighted by atomic mass is 10.2. The number of carbonyl (C=O) groups is 1. The summed E-state index contributed by atoms with van der Waals surface area (Å²) in [7, 11) is -1.32. The molecule has 0 saturated carbocycles. The number of thioether (sulfide) groups is 1. The number of nitrogens with one attached hydrogen (secondary N) is 1. The van der Waals surface area contributed by atoms with Crippen molar-refractivity contribution in [3.05, 3.63) is 77.9 Å². The Labute approximate surface area is 179 Å². The van der Waals surface area contributed by atoms with Crippen molar-refractivity contribution in [2.75, 3.05) is 19.4 Å². The van der Waals surface area contributed by atoms with Gasteiger partial charge in [-0.1, -0.05) is 54.2 Å². The van der Waals surface area contributed by atoms with Gasteiger partial charge in [0.15, 0.2) is 11.6 Å². The molecule has 2 aromatic carbocycles. The fraction of sp³-hybridized carbons (Fsp3) is 0.150. The molecule has 0 aliphatic carbocycles. The van der Waals surface area contributed by atoms with Crippen LogP contribution in [0.25, 0.3) is 0 Å². The summed E-state index contributed by atoms with van der Waals surface area (Å²) in [5.74, 6) is 0.367. The Hall–Kier alpha value is -2.95. The maximum Gasteiger partial charge on any atom is 0.384 e. The van der Waals surface area contributed by atoms with E-state index < -0.39 is 16.2 Å². The number of amides is 1. The number of benzene rings is 2. The molecule has 3 aromatic rings. The standard InChI is InChI=1S/C20H20N4O4S2/c1-24(2)30(26,27)28-17-11-7-6-10-16(17)20(25)21-18-12-13-19(23-22-18)29-14-15-8-4-3-5-9-15/h3-13H,14H2,1-2H3,(H,21,22,25). The van der Waals surface area contributed by atoms with Gasteiger partial charge < -0.3 is 9.50 Å². The summed E-state index contributed by atoms with van der Waals surface area (Å²) in [6, 6.07) is 19.4. The van der Waals surface area contributed by atoms with Crippen molar-refractivity contribution in [1.82, 2.24) is 14.5 Å². The fourth-order valence-electron chi connectivity index (χ4n) is 2.29. The zero-order chi connectivity index (χ0) is 21.6. The third-order valence-corrected chi connectivity index (χ3v) is 6.16. The number of hydrogen-bond donors (Lipinski definition) is 1. The first-order valence-electron chi connectivity index (χ1n) is 8.88. The molecule has 0 saturated heterocycles. The van der Waals surface area contributed by atoms with E-state index in [9.17, 15) is 13.2 Å². The quantitative estimate of drug-likeness (QED) is 0.532. The number of nitrogens with zero attached hydrogens (tertiary/aromatic N) is 3. The highest BCUT2D eigenvalue weighted by Crippen LogP contribution is 2.23. The Morgan fingerprint density at radius 3 is 2.37 bits per heavy atom. The number of para-hydroxylation sites is 1. The van der Waals surface area contributed by atoms with Gasteiger partial charge in [-0.25, -0.2) is 0 Å². The van der Waals surface area contributed by atoms with Gasteiger partial charge in [-0.3, -0.25) is 4.79 Å². The summed E-state index contributed by atoms with van der Waals surface area (Å²) in [5, 5.41) is 11.5. The normalized spacial score (nSPS) is 11.3. The van der Waals surface area contributed by atoms with Crippen LogP contribution in [0.15, 0.2) is 71.8 Å². The van der Waals surface area contributed by atoms with E-state index >= 15 is 0 Å². The smallest absolute Gasteiger partial charge is 0.370 e. The lowest BCUT2D eigenvalue weighted by Gasteiger charge is -2.14. The molecule has 10 heteroatoms. The molecular weight excluding hydrogens is 424 g/mol. The van der Waals surface area contributed by atoms with Crippen LogP contribution in [0.1, 0.15) is 15.9 Å². The van der Waals surface area contributed by atoms with E-state index in [0.717, 1.165) is 15.1 Å². The maximum atomic E-state index is 12.6. The molecule has 0 aliphatic heterocycles. The van der Waals surface area contributed by atoms with E-state index in [2.05, 4.69) is 15.5 Å². The number of aromatic nitrogens is 2. The van der Waals surface area contributed by atoms with Gasteiger partial charge in [0.2, 0.25) is 0 Å². The van der Waals surface area contributed by atoms with Gasteiger partial charge in [-0.05, 0) is 29.8 Å². The van der Waals surface area contributed by atoms with E-state index in [1.54, 1.807) is 24.3 Å². The SMILES string of the molecule is CN(C)S(=O)(=O)Oc1ccccc1C(=O)Nc1ccc(SCc2ccccc2)nn1. The van der Waals surface area contributed by atoms with Crippen LogP contribution in [0.5, 0.6) is 5.75 Å². The second-order valence-corrected chi connectivity index (χ2v) is 9.05. The van der Waals surface area contributed by atoms with Gasteiger partial charge >= 0.3 is 10.3 Å². The van der Waals surface area contributed by atoms with Gasteiger partial charge in [-0.15, -0.1) is 10.2 Å². The van der Waals surface area contributed by atoms with Crippen molar-refractivity contribution in [1.29, 1.82) is 0 Å². The van der Waals surface area contributed by atoms with Crippen molar-refractivity contribution in [2.24, 2.45) is 0 Å². The van der Waals surface area contributed by atoms with Crippen molar-refractivity contribution < 1.29 is 17.4 Å². The zero-order valence-corrected chi connectivity index (χ0v) is 18.0. The Kier molecular flexibility index (Phi) is 7.03. The maximum absolute atomic E-state index is 12.6. The van der Waals surface area contributed by atoms with Crippen molar-refractivity contribution in [2.45, 2.75) is 10.8 Å². The summed E-state index contributed by atoms with van der Waals surface area (Å²) >= 11 is 1.53. The van der Waals surface area contributed by atoms with E-state index in [1.165, 1.54) is 43.6 Å². The van der Waals surface area contributed by atoms with Gasteiger partial charge in [0, 0.05) is 19.8 Å². The molecule has 0 unspecified atom stereocenters. The van der Waals surface area contributed by atoms with Crippen LogP contribution in [0.2, 0.25) is 0 Å². The minimum Gasteiger partial charge on any atom is -0.370 e. The predicted molar refractivity (Wildman–Crippen MR) is 116 cm³/mol. The monoisotopic (exact) mass is 444 g/mol. The predicted octanol–water partition coefficient (Wildman–Crippen LogP) is 3.21. The molecule has 0 bridgehead atoms. The van der Waals surface area contributed by atoms with E-state index in [0.29, 0.717) is 0 Å². The van der Waals surface area contributed by atoms with Crippen molar-refractivity contribution in [3.8, 4) is 5.75 Å². The highest BCUT2D eigenvalue weighted by atomic mass is 32.2. The third kappa shape index (κ3) is 5.78. The Morgan fingerprint density at radius 1 is 1.00 bits per heavy atom. The molecule has 0 fully saturated rings. The molecule has 0 aliphatic rings. The first kappa shape index (κ1) is 21.8. The average molecular weight is 445 g/mol. The van der Waals surface area contributed by atoms with E-state index in [4.69, 9.17) is 4.18 Å². The summed E-state index contributed by atoms with van der Waals surface area (Å²) in [6.07, 6.45) is 0. The first-order valence-corrected chi connectivity index (χ1v) is 11.2. The fourth-order valence-corrected chi connectivity index (χ4v) is 3.58. The first-order chi connectivity index (χ1) is 14.3. The Bertz CT molecular complexity index is 1110. The second kappa shape index (κ2) is 9.70. The van der Waals surface area contributed by atoms with Gasteiger partial charge in [-0.2, -0.15) is 12.7 Å². The topological polar surface area (TPSA) is 101 Å². The van der Waals surface area contributed by atoms with Gasteiger partial charge in [0.1, 0.15) is 5.03 Å². The largest absolute Gasteiger partial charge is 0.384 e. The van der Waals surface area contributed by atoms with Crippen LogP contribution < -0.4 is 9.50 Å². The zero-order valence-electron chi connectivity index (χ0n) is 16.3. The van der Waals surface area contributed by atoms with Crippen LogP contribution >= 0.6 is 11.8 Å². The van der Waals surface area contributed by atoms with E-state index in [1.807, 2.05) is 30.3 Å². The van der Waals surface area contributed by atoms with Crippen LogP contribution in [0.3, 0.4) is 0 Å². The number of rotatable bonds is 8. The average Bonchev–Trinajstić information content (AvgIpc) is 2.74. The molecule has 1 aromatic heterocycles. The molecule has 1 amide bonds. The Balaban J connectivity index is 1.66. The van der Waals surface area contributed by atoms with Crippen molar-refractivity contribution in [3.63, 3.8) is 0 Å². The molecule has 3 rings (SSSR count). The van der Waals surface area contributed by atoms with Crippen LogP contribution in [0, 0.1) is 0 Å². The molecule has 0 atom stereocenters. The van der Waals surface area contributed by atoms with Crippen LogP contribution in [0.4, 0.5) is 5.82 Å². The summed E-state index contributed by atoms with van der Waals surface area (Å²) in [6.45, 7) is 0. The Morgan fingerprint density at radius 2 is 1.70 bits per heavy atom. The number of anilines is 1. The van der Waals surface area contributed by atoms with Gasteiger partial charge in [0.05, 0.1) is 5.56 Å². The molecule has 30 heavy (non-hydrogen) atoms. The minimum atomic E-state index is -3.99. The van der Waals surface area contributed by atoms with E-state index in [-0.39, 0.29) is 17.1 Å². The summed E-state index contributed by atoms with van der Waals surface area (Å²) in [4.78, 5) is 12.6. The van der Waals surface area contributed by atoms with Gasteiger partial charge in [0.25, 0.3) is 5.91 Å². The molecule has 0 spiro atoms. The lowest BCUT2D eigenvalue weighted by Crippen LogP contribution is -2.28. The van der Waals surface area contributed by atoms with Crippen molar-refractivity contribution >= 4 is 33.8 Å². The molecule has 0 radical (unpaired) electrons. The number of carbonyl (C=O) groups excluding carboxylic acids is 1. The van der Waals surface area contributed by atoms with Crippen LogP contribution in [-0.2, 0) is 16.1 Å². The number of hydrogen-bond acceptors (Lipinski definition) is 7. The molecule has 1 N–H and O–H groups in total. The van der Waals surface area contributed by atoms with Crippen LogP contribution in [-0.4, -0.2) is 42.9 Å².